The van der Waals surface area contributed by atoms with Crippen molar-refractivity contribution in [3.63, 3.8) is 0 Å². The number of hydrogen-bond acceptors (Lipinski definition) is 4. The summed E-state index contributed by atoms with van der Waals surface area (Å²) >= 11 is 0. The second-order valence-electron chi connectivity index (χ2n) is 4.65. The first-order chi connectivity index (χ1) is 9.11. The Kier molecular flexibility index (Phi) is 4.16. The Labute approximate surface area is 111 Å². The second kappa shape index (κ2) is 5.83. The van der Waals surface area contributed by atoms with Crippen molar-refractivity contribution in [2.75, 3.05) is 19.6 Å². The van der Waals surface area contributed by atoms with Crippen molar-refractivity contribution in [1.82, 2.24) is 15.2 Å². The van der Waals surface area contributed by atoms with Crippen LogP contribution in [0.4, 0.5) is 5.82 Å². The third-order valence-electron chi connectivity index (χ3n) is 3.37. The lowest BCUT2D eigenvalue weighted by molar-refractivity contribution is -0.389. The molecule has 2 N–H and O–H groups in total. The van der Waals surface area contributed by atoms with Crippen LogP contribution in [0.15, 0.2) is 12.1 Å². The summed E-state index contributed by atoms with van der Waals surface area (Å²) in [6.45, 7) is 4.13. The van der Waals surface area contributed by atoms with Crippen LogP contribution in [-0.4, -0.2) is 46.4 Å². The Bertz CT molecular complexity index is 465. The number of amides is 1. The van der Waals surface area contributed by atoms with Gasteiger partial charge in [0.05, 0.1) is 0 Å². The molecule has 104 valence electrons. The fourth-order valence-corrected chi connectivity index (χ4v) is 2.32. The molecule has 0 aromatic carbocycles. The number of carbonyl (C=O) groups is 1. The summed E-state index contributed by atoms with van der Waals surface area (Å²) in [5.74, 6) is -0.345. The van der Waals surface area contributed by atoms with Crippen LogP contribution in [0.25, 0.3) is 0 Å². The van der Waals surface area contributed by atoms with Crippen LogP contribution in [0.3, 0.4) is 0 Å². The molecular weight excluding hydrogens is 248 g/mol. The average Bonchev–Trinajstić information content (AvgIpc) is 3.06. The maximum Gasteiger partial charge on any atom is 0.321 e. The van der Waals surface area contributed by atoms with Crippen molar-refractivity contribution < 1.29 is 9.72 Å². The van der Waals surface area contributed by atoms with Crippen LogP contribution < -0.4 is 5.32 Å². The lowest BCUT2D eigenvalue weighted by Crippen LogP contribution is -2.41. The molecule has 2 rings (SSSR count). The zero-order valence-electron chi connectivity index (χ0n) is 10.9. The Morgan fingerprint density at radius 3 is 2.89 bits per heavy atom. The number of hydrogen-bond donors (Lipinski definition) is 2. The summed E-state index contributed by atoms with van der Waals surface area (Å²) in [5, 5.41) is 13.9. The largest absolute Gasteiger partial charge is 0.358 e. The standard InChI is InChI=1S/C12H18N4O3/c1-2-15(8-9-4-3-7-13-9)12(17)10-5-6-11(14-10)16(18)19/h5-6,9,13-14H,2-4,7-8H2,1H3. The van der Waals surface area contributed by atoms with Crippen molar-refractivity contribution in [3.05, 3.63) is 27.9 Å². The Morgan fingerprint density at radius 2 is 2.37 bits per heavy atom. The first-order valence-electron chi connectivity index (χ1n) is 6.48. The maximum absolute atomic E-state index is 12.2. The lowest BCUT2D eigenvalue weighted by atomic mass is 10.2. The van der Waals surface area contributed by atoms with Gasteiger partial charge in [0.15, 0.2) is 5.69 Å². The van der Waals surface area contributed by atoms with Crippen molar-refractivity contribution in [1.29, 1.82) is 0 Å². The van der Waals surface area contributed by atoms with Gasteiger partial charge in [-0.2, -0.15) is 0 Å². The number of nitro groups is 1. The van der Waals surface area contributed by atoms with Crippen molar-refractivity contribution in [3.8, 4) is 0 Å². The van der Waals surface area contributed by atoms with Gasteiger partial charge < -0.3 is 20.3 Å². The van der Waals surface area contributed by atoms with Crippen LogP contribution >= 0.6 is 0 Å². The molecule has 1 amide bonds. The van der Waals surface area contributed by atoms with Gasteiger partial charge in [-0.1, -0.05) is 0 Å². The van der Waals surface area contributed by atoms with Gasteiger partial charge >= 0.3 is 5.82 Å². The molecule has 0 bridgehead atoms. The molecule has 1 unspecified atom stereocenters. The third-order valence-corrected chi connectivity index (χ3v) is 3.37. The smallest absolute Gasteiger partial charge is 0.321 e. The number of carbonyl (C=O) groups excluding carboxylic acids is 1. The molecule has 1 fully saturated rings. The van der Waals surface area contributed by atoms with Crippen LogP contribution in [0.1, 0.15) is 30.3 Å². The molecular formula is C12H18N4O3. The van der Waals surface area contributed by atoms with E-state index in [4.69, 9.17) is 0 Å². The number of rotatable bonds is 5. The molecule has 7 heteroatoms. The second-order valence-corrected chi connectivity index (χ2v) is 4.65. The van der Waals surface area contributed by atoms with Crippen LogP contribution in [0.2, 0.25) is 0 Å². The highest BCUT2D eigenvalue weighted by atomic mass is 16.6. The van der Waals surface area contributed by atoms with E-state index in [1.54, 1.807) is 4.90 Å². The summed E-state index contributed by atoms with van der Waals surface area (Å²) in [4.78, 5) is 26.6. The molecule has 19 heavy (non-hydrogen) atoms. The van der Waals surface area contributed by atoms with Gasteiger partial charge in [-0.05, 0) is 37.3 Å². The first-order valence-corrected chi connectivity index (χ1v) is 6.48. The zero-order chi connectivity index (χ0) is 13.8. The highest BCUT2D eigenvalue weighted by molar-refractivity contribution is 5.92. The van der Waals surface area contributed by atoms with Crippen molar-refractivity contribution >= 4 is 11.7 Å². The maximum atomic E-state index is 12.2. The highest BCUT2D eigenvalue weighted by Crippen LogP contribution is 2.13. The van der Waals surface area contributed by atoms with E-state index >= 15 is 0 Å². The van der Waals surface area contributed by atoms with E-state index < -0.39 is 4.92 Å². The summed E-state index contributed by atoms with van der Waals surface area (Å²) in [6, 6.07) is 3.11. The van der Waals surface area contributed by atoms with E-state index in [2.05, 4.69) is 10.3 Å². The van der Waals surface area contributed by atoms with Gasteiger partial charge in [0.25, 0.3) is 5.91 Å². The van der Waals surface area contributed by atoms with Gasteiger partial charge in [0, 0.05) is 25.2 Å². The van der Waals surface area contributed by atoms with Gasteiger partial charge in [-0.15, -0.1) is 0 Å². The van der Waals surface area contributed by atoms with Gasteiger partial charge in [-0.25, -0.2) is 4.98 Å². The van der Waals surface area contributed by atoms with E-state index in [-0.39, 0.29) is 17.4 Å². The number of nitrogens with zero attached hydrogens (tertiary/aromatic N) is 2. The van der Waals surface area contributed by atoms with Gasteiger partial charge in [-0.3, -0.25) is 4.79 Å². The summed E-state index contributed by atoms with van der Waals surface area (Å²) in [6.07, 6.45) is 2.19. The van der Waals surface area contributed by atoms with E-state index in [0.717, 1.165) is 19.4 Å². The predicted octanol–water partition coefficient (Wildman–Crippen LogP) is 1.14. The number of nitrogens with one attached hydrogen (secondary N) is 2. The molecule has 0 saturated carbocycles. The van der Waals surface area contributed by atoms with E-state index in [9.17, 15) is 14.9 Å². The number of aromatic amines is 1. The van der Waals surface area contributed by atoms with Gasteiger partial charge in [0.2, 0.25) is 0 Å². The average molecular weight is 266 g/mol. The minimum Gasteiger partial charge on any atom is -0.358 e. The molecule has 0 aliphatic carbocycles. The first kappa shape index (κ1) is 13.5. The quantitative estimate of drug-likeness (QED) is 0.617. The molecule has 0 radical (unpaired) electrons. The minimum atomic E-state index is -0.536. The van der Waals surface area contributed by atoms with Gasteiger partial charge in [0.1, 0.15) is 0 Å². The monoisotopic (exact) mass is 266 g/mol. The van der Waals surface area contributed by atoms with Crippen LogP contribution in [0, 0.1) is 10.1 Å². The summed E-state index contributed by atoms with van der Waals surface area (Å²) in [7, 11) is 0. The summed E-state index contributed by atoms with van der Waals surface area (Å²) in [5.41, 5.74) is 0.270. The topological polar surface area (TPSA) is 91.3 Å². The Morgan fingerprint density at radius 1 is 1.58 bits per heavy atom. The van der Waals surface area contributed by atoms with E-state index in [1.807, 2.05) is 6.92 Å². The van der Waals surface area contributed by atoms with Crippen molar-refractivity contribution in [2.45, 2.75) is 25.8 Å². The number of likely N-dealkylation sites (N-methyl/N-ethyl adjacent to an activating group) is 1. The molecule has 0 spiro atoms. The van der Waals surface area contributed by atoms with E-state index in [0.29, 0.717) is 19.1 Å². The lowest BCUT2D eigenvalue weighted by Gasteiger charge is -2.23. The fourth-order valence-electron chi connectivity index (χ4n) is 2.32. The molecule has 1 aliphatic rings. The normalized spacial score (nSPS) is 18.5. The molecule has 1 saturated heterocycles. The molecule has 7 nitrogen and oxygen atoms in total. The highest BCUT2D eigenvalue weighted by Gasteiger charge is 2.24. The molecule has 1 aromatic heterocycles. The third kappa shape index (κ3) is 3.11. The van der Waals surface area contributed by atoms with Crippen LogP contribution in [-0.2, 0) is 0 Å². The number of H-pyrrole nitrogens is 1. The Balaban J connectivity index is 2.04. The predicted molar refractivity (Wildman–Crippen MR) is 70.0 cm³/mol. The molecule has 1 atom stereocenters. The number of aromatic nitrogens is 1. The molecule has 1 aliphatic heterocycles. The van der Waals surface area contributed by atoms with Crippen LogP contribution in [0.5, 0.6) is 0 Å². The molecule has 2 heterocycles. The minimum absolute atomic E-state index is 0.154. The van der Waals surface area contributed by atoms with Crippen molar-refractivity contribution in [2.24, 2.45) is 0 Å². The van der Waals surface area contributed by atoms with E-state index in [1.165, 1.54) is 12.1 Å². The summed E-state index contributed by atoms with van der Waals surface area (Å²) < 4.78 is 0. The zero-order valence-corrected chi connectivity index (χ0v) is 10.9. The molecule has 1 aromatic rings. The fraction of sp³-hybridized carbons (Fsp3) is 0.583. The SMILES string of the molecule is CCN(CC1CCCN1)C(=O)c1ccc([N+](=O)[O-])[nH]1. The Hall–Kier alpha value is -1.89.